The Labute approximate surface area is 130 Å². The molecular weight excluding hydrogens is 252 g/mol. The highest BCUT2D eigenvalue weighted by Gasteiger charge is 2.23. The van der Waals surface area contributed by atoms with Gasteiger partial charge in [0.05, 0.1) is 0 Å². The van der Waals surface area contributed by atoms with Crippen molar-refractivity contribution in [3.63, 3.8) is 0 Å². The molecule has 0 radical (unpaired) electrons. The van der Waals surface area contributed by atoms with E-state index in [1.54, 1.807) is 16.7 Å². The first-order valence-electron chi connectivity index (χ1n) is 8.32. The number of hydrogen-bond acceptors (Lipinski definition) is 0. The molecule has 0 aromatic heterocycles. The van der Waals surface area contributed by atoms with Gasteiger partial charge in [-0.15, -0.1) is 0 Å². The predicted molar refractivity (Wildman–Crippen MR) is 95.7 cm³/mol. The Bertz CT molecular complexity index is 658. The monoisotopic (exact) mass is 282 g/mol. The van der Waals surface area contributed by atoms with Gasteiger partial charge < -0.3 is 0 Å². The molecule has 0 spiro atoms. The van der Waals surface area contributed by atoms with Gasteiger partial charge in [0.25, 0.3) is 0 Å². The summed E-state index contributed by atoms with van der Waals surface area (Å²) in [5.41, 5.74) is 7.64. The molecule has 0 saturated heterocycles. The first-order valence-corrected chi connectivity index (χ1v) is 8.32. The van der Waals surface area contributed by atoms with Crippen molar-refractivity contribution >= 4 is 10.8 Å². The summed E-state index contributed by atoms with van der Waals surface area (Å²) in [4.78, 5) is 0. The third kappa shape index (κ3) is 2.61. The van der Waals surface area contributed by atoms with Gasteiger partial charge in [-0.05, 0) is 70.2 Å². The zero-order valence-electron chi connectivity index (χ0n) is 15.0. The van der Waals surface area contributed by atoms with E-state index in [1.807, 2.05) is 0 Å². The summed E-state index contributed by atoms with van der Waals surface area (Å²) < 4.78 is 0. The topological polar surface area (TPSA) is 0 Å². The molecule has 0 fully saturated rings. The van der Waals surface area contributed by atoms with Crippen molar-refractivity contribution in [2.75, 3.05) is 0 Å². The van der Waals surface area contributed by atoms with Gasteiger partial charge in [-0.3, -0.25) is 0 Å². The van der Waals surface area contributed by atoms with E-state index in [4.69, 9.17) is 0 Å². The van der Waals surface area contributed by atoms with E-state index in [2.05, 4.69) is 73.6 Å². The minimum atomic E-state index is 0.560. The lowest BCUT2D eigenvalue weighted by atomic mass is 9.77. The Morgan fingerprint density at radius 1 is 0.667 bits per heavy atom. The number of rotatable bonds is 3. The molecular formula is C21H30. The quantitative estimate of drug-likeness (QED) is 0.579. The van der Waals surface area contributed by atoms with Gasteiger partial charge >= 0.3 is 0 Å². The van der Waals surface area contributed by atoms with Crippen LogP contribution in [0.3, 0.4) is 0 Å². The highest BCUT2D eigenvalue weighted by atomic mass is 14.3. The summed E-state index contributed by atoms with van der Waals surface area (Å²) in [6.45, 7) is 18.6. The number of aryl methyl sites for hydroxylation is 2. The van der Waals surface area contributed by atoms with Gasteiger partial charge in [-0.1, -0.05) is 59.7 Å². The number of hydrogen-bond donors (Lipinski definition) is 0. The van der Waals surface area contributed by atoms with Crippen LogP contribution in [0.15, 0.2) is 18.2 Å². The molecule has 0 bridgehead atoms. The van der Waals surface area contributed by atoms with Crippen LogP contribution >= 0.6 is 0 Å². The highest BCUT2D eigenvalue weighted by Crippen LogP contribution is 2.42. The van der Waals surface area contributed by atoms with Crippen LogP contribution in [-0.2, 0) is 0 Å². The fourth-order valence-electron chi connectivity index (χ4n) is 4.00. The van der Waals surface area contributed by atoms with Crippen LogP contribution in [0.4, 0.5) is 0 Å². The third-order valence-corrected chi connectivity index (χ3v) is 4.65. The van der Waals surface area contributed by atoms with Crippen molar-refractivity contribution in [2.24, 2.45) is 0 Å². The fraction of sp³-hybridized carbons (Fsp3) is 0.524. The largest absolute Gasteiger partial charge is 0.0614 e. The molecule has 0 heterocycles. The van der Waals surface area contributed by atoms with Crippen LogP contribution in [-0.4, -0.2) is 0 Å². The predicted octanol–water partition coefficient (Wildman–Crippen LogP) is 6.83. The first-order chi connectivity index (χ1) is 9.77. The smallest absolute Gasteiger partial charge is 0.0120 e. The van der Waals surface area contributed by atoms with Gasteiger partial charge in [-0.2, -0.15) is 0 Å². The normalized spacial score (nSPS) is 12.1. The Balaban J connectivity index is 3.10. The van der Waals surface area contributed by atoms with Gasteiger partial charge in [-0.25, -0.2) is 0 Å². The summed E-state index contributed by atoms with van der Waals surface area (Å²) in [6.07, 6.45) is 0. The molecule has 0 heteroatoms. The Morgan fingerprint density at radius 2 is 1.19 bits per heavy atom. The standard InChI is InChI=1S/C21H30/c1-12(2)18-16(8)21-15(7)10-9-11-17(21)19(13(3)4)20(18)14(5)6/h9-14H,1-8H3. The third-order valence-electron chi connectivity index (χ3n) is 4.65. The van der Waals surface area contributed by atoms with Gasteiger partial charge in [0.1, 0.15) is 0 Å². The molecule has 0 aliphatic rings. The maximum absolute atomic E-state index is 2.34. The Kier molecular flexibility index (Phi) is 4.46. The molecule has 2 rings (SSSR count). The van der Waals surface area contributed by atoms with E-state index in [1.165, 1.54) is 21.9 Å². The van der Waals surface area contributed by atoms with Crippen molar-refractivity contribution in [1.29, 1.82) is 0 Å². The lowest BCUT2D eigenvalue weighted by molar-refractivity contribution is 0.750. The number of benzene rings is 2. The van der Waals surface area contributed by atoms with Crippen molar-refractivity contribution in [1.82, 2.24) is 0 Å². The first kappa shape index (κ1) is 16.1. The minimum absolute atomic E-state index is 0.560. The summed E-state index contributed by atoms with van der Waals surface area (Å²) in [5.74, 6) is 1.71. The second kappa shape index (κ2) is 5.83. The van der Waals surface area contributed by atoms with Gasteiger partial charge in [0, 0.05) is 0 Å². The average Bonchev–Trinajstić information content (AvgIpc) is 2.36. The maximum Gasteiger partial charge on any atom is -0.0120 e. The van der Waals surface area contributed by atoms with E-state index in [-0.39, 0.29) is 0 Å². The van der Waals surface area contributed by atoms with Crippen LogP contribution < -0.4 is 0 Å². The molecule has 2 aromatic rings. The van der Waals surface area contributed by atoms with Crippen LogP contribution in [0.2, 0.25) is 0 Å². The fourth-order valence-corrected chi connectivity index (χ4v) is 4.00. The Morgan fingerprint density at radius 3 is 1.67 bits per heavy atom. The molecule has 0 aliphatic heterocycles. The van der Waals surface area contributed by atoms with Gasteiger partial charge in [0.2, 0.25) is 0 Å². The highest BCUT2D eigenvalue weighted by molar-refractivity contribution is 5.94. The van der Waals surface area contributed by atoms with E-state index in [9.17, 15) is 0 Å². The van der Waals surface area contributed by atoms with Crippen molar-refractivity contribution in [2.45, 2.75) is 73.1 Å². The molecule has 0 saturated carbocycles. The average molecular weight is 282 g/mol. The van der Waals surface area contributed by atoms with Gasteiger partial charge in [0.15, 0.2) is 0 Å². The van der Waals surface area contributed by atoms with Crippen LogP contribution in [0.25, 0.3) is 10.8 Å². The lowest BCUT2D eigenvalue weighted by Crippen LogP contribution is -2.09. The summed E-state index contributed by atoms with van der Waals surface area (Å²) >= 11 is 0. The second-order valence-corrected chi connectivity index (χ2v) is 7.33. The lowest BCUT2D eigenvalue weighted by Gasteiger charge is -2.28. The van der Waals surface area contributed by atoms with Crippen LogP contribution in [0.1, 0.15) is 87.1 Å². The Hall–Kier alpha value is -1.30. The van der Waals surface area contributed by atoms with Crippen molar-refractivity contribution in [3.05, 3.63) is 46.0 Å². The summed E-state index contributed by atoms with van der Waals surface area (Å²) in [6, 6.07) is 6.78. The van der Waals surface area contributed by atoms with Crippen molar-refractivity contribution < 1.29 is 0 Å². The summed E-state index contributed by atoms with van der Waals surface area (Å²) in [5, 5.41) is 2.95. The van der Waals surface area contributed by atoms with E-state index >= 15 is 0 Å². The zero-order chi connectivity index (χ0) is 15.9. The van der Waals surface area contributed by atoms with E-state index in [0.717, 1.165) is 0 Å². The molecule has 21 heavy (non-hydrogen) atoms. The summed E-state index contributed by atoms with van der Waals surface area (Å²) in [7, 11) is 0. The van der Waals surface area contributed by atoms with E-state index < -0.39 is 0 Å². The zero-order valence-corrected chi connectivity index (χ0v) is 15.0. The molecule has 2 aromatic carbocycles. The molecule has 0 amide bonds. The molecule has 0 aliphatic carbocycles. The van der Waals surface area contributed by atoms with E-state index in [0.29, 0.717) is 17.8 Å². The molecule has 0 nitrogen and oxygen atoms in total. The van der Waals surface area contributed by atoms with Crippen LogP contribution in [0.5, 0.6) is 0 Å². The molecule has 0 N–H and O–H groups in total. The molecule has 0 unspecified atom stereocenters. The molecule has 114 valence electrons. The molecule has 0 atom stereocenters. The number of fused-ring (bicyclic) bond motifs is 1. The second-order valence-electron chi connectivity index (χ2n) is 7.33. The van der Waals surface area contributed by atoms with Crippen molar-refractivity contribution in [3.8, 4) is 0 Å². The maximum atomic E-state index is 2.34. The SMILES string of the molecule is Cc1cccc2c(C(C)C)c(C(C)C)c(C(C)C)c(C)c12. The van der Waals surface area contributed by atoms with Crippen LogP contribution in [0, 0.1) is 13.8 Å². The minimum Gasteiger partial charge on any atom is -0.0614 e.